The second kappa shape index (κ2) is 9.68. The molecule has 1 fully saturated rings. The smallest absolute Gasteiger partial charge is 0.225 e. The summed E-state index contributed by atoms with van der Waals surface area (Å²) in [6.07, 6.45) is 3.62. The molecule has 4 heterocycles. The van der Waals surface area contributed by atoms with Crippen molar-refractivity contribution in [3.8, 4) is 0 Å². The van der Waals surface area contributed by atoms with Gasteiger partial charge in [-0.05, 0) is 44.4 Å². The van der Waals surface area contributed by atoms with Crippen LogP contribution >= 0.6 is 0 Å². The Morgan fingerprint density at radius 1 is 1.24 bits per heavy atom. The second-order valence-electron chi connectivity index (χ2n) is 9.12. The number of nitrogens with one attached hydrogen (secondary N) is 1. The van der Waals surface area contributed by atoms with E-state index in [4.69, 9.17) is 10.1 Å². The van der Waals surface area contributed by atoms with Crippen LogP contribution in [-0.2, 0) is 22.6 Å². The first-order chi connectivity index (χ1) is 15.8. The zero-order valence-electron chi connectivity index (χ0n) is 19.8. The molecule has 0 aliphatic carbocycles. The molecular formula is C25H32N6O2. The van der Waals surface area contributed by atoms with E-state index in [2.05, 4.69) is 10.3 Å². The number of fused-ring (bicyclic) bond motifs is 1. The van der Waals surface area contributed by atoms with E-state index in [1.54, 1.807) is 6.20 Å². The number of nitrogens with zero attached hydrogens (tertiary/aromatic N) is 5. The van der Waals surface area contributed by atoms with Crippen molar-refractivity contribution in [2.75, 3.05) is 13.1 Å². The maximum absolute atomic E-state index is 12.4. The van der Waals surface area contributed by atoms with Crippen LogP contribution in [0.25, 0.3) is 5.65 Å². The third-order valence-electron chi connectivity index (χ3n) is 6.39. The van der Waals surface area contributed by atoms with Crippen LogP contribution in [0.3, 0.4) is 0 Å². The molecule has 0 saturated carbocycles. The van der Waals surface area contributed by atoms with Gasteiger partial charge in [0.1, 0.15) is 0 Å². The molecule has 0 unspecified atom stereocenters. The van der Waals surface area contributed by atoms with Crippen LogP contribution in [0.4, 0.5) is 0 Å². The highest BCUT2D eigenvalue weighted by atomic mass is 16.2. The van der Waals surface area contributed by atoms with Crippen molar-refractivity contribution >= 4 is 17.5 Å². The van der Waals surface area contributed by atoms with Gasteiger partial charge in [-0.15, -0.1) is 0 Å². The van der Waals surface area contributed by atoms with Crippen molar-refractivity contribution in [1.82, 2.24) is 29.8 Å². The number of carbonyl (C=O) groups is 2. The predicted molar refractivity (Wildman–Crippen MR) is 126 cm³/mol. The zero-order valence-corrected chi connectivity index (χ0v) is 19.8. The molecule has 1 aliphatic heterocycles. The van der Waals surface area contributed by atoms with Crippen molar-refractivity contribution < 1.29 is 9.59 Å². The van der Waals surface area contributed by atoms with Gasteiger partial charge in [0.25, 0.3) is 0 Å². The molecule has 8 nitrogen and oxygen atoms in total. The first kappa shape index (κ1) is 22.9. The van der Waals surface area contributed by atoms with Crippen LogP contribution in [0.5, 0.6) is 0 Å². The van der Waals surface area contributed by atoms with Crippen molar-refractivity contribution in [2.45, 2.75) is 59.4 Å². The van der Waals surface area contributed by atoms with Gasteiger partial charge < -0.3 is 10.2 Å². The van der Waals surface area contributed by atoms with Crippen LogP contribution in [0.15, 0.2) is 30.5 Å². The number of hydrogen-bond donors (Lipinski definition) is 1. The number of hydrogen-bond acceptors (Lipinski definition) is 5. The molecule has 0 spiro atoms. The van der Waals surface area contributed by atoms with E-state index < -0.39 is 0 Å². The minimum atomic E-state index is -0.0124. The Labute approximate surface area is 194 Å². The number of likely N-dealkylation sites (tertiary alicyclic amines) is 1. The maximum Gasteiger partial charge on any atom is 0.225 e. The molecule has 0 bridgehead atoms. The van der Waals surface area contributed by atoms with E-state index in [9.17, 15) is 9.59 Å². The summed E-state index contributed by atoms with van der Waals surface area (Å²) in [6, 6.07) is 7.70. The third-order valence-corrected chi connectivity index (χ3v) is 6.39. The van der Waals surface area contributed by atoms with Gasteiger partial charge in [-0.2, -0.15) is 5.10 Å². The summed E-state index contributed by atoms with van der Waals surface area (Å²) in [5.74, 6) is 0.437. The average Bonchev–Trinajstić information content (AvgIpc) is 3.45. The summed E-state index contributed by atoms with van der Waals surface area (Å²) in [7, 11) is 0. The summed E-state index contributed by atoms with van der Waals surface area (Å²) in [5, 5.41) is 7.78. The fraction of sp³-hybridized carbons (Fsp3) is 0.480. The van der Waals surface area contributed by atoms with E-state index in [1.165, 1.54) is 0 Å². The number of pyridine rings is 1. The quantitative estimate of drug-likeness (QED) is 0.600. The first-order valence-electron chi connectivity index (χ1n) is 11.6. The van der Waals surface area contributed by atoms with Crippen LogP contribution in [0, 0.1) is 19.8 Å². The molecule has 0 aromatic carbocycles. The van der Waals surface area contributed by atoms with Gasteiger partial charge in [-0.1, -0.05) is 19.9 Å². The fourth-order valence-electron chi connectivity index (χ4n) is 4.49. The van der Waals surface area contributed by atoms with E-state index >= 15 is 0 Å². The Kier molecular flexibility index (Phi) is 6.72. The fourth-order valence-corrected chi connectivity index (χ4v) is 4.49. The van der Waals surface area contributed by atoms with Gasteiger partial charge in [0.2, 0.25) is 11.8 Å². The lowest BCUT2D eigenvalue weighted by molar-refractivity contribution is -0.133. The standard InChI is InChI=1S/C25H32N6O2/c1-16(2)25(33)30-12-10-19(15-30)22-13-23-28-17(3)21(18(4)31(23)29-22)8-9-24(32)27-14-20-7-5-6-11-26-20/h5-7,11,13,16,19H,8-10,12,14-15H2,1-4H3,(H,27,32)/t19-/m0/s1. The van der Waals surface area contributed by atoms with Gasteiger partial charge in [0.15, 0.2) is 5.65 Å². The Morgan fingerprint density at radius 3 is 2.79 bits per heavy atom. The molecule has 0 radical (unpaired) electrons. The Bertz CT molecular complexity index is 1150. The maximum atomic E-state index is 12.4. The van der Waals surface area contributed by atoms with Gasteiger partial charge in [0, 0.05) is 55.0 Å². The van der Waals surface area contributed by atoms with Gasteiger partial charge in [-0.3, -0.25) is 14.6 Å². The van der Waals surface area contributed by atoms with E-state index in [1.807, 2.05) is 61.4 Å². The lowest BCUT2D eigenvalue weighted by atomic mass is 10.1. The van der Waals surface area contributed by atoms with Crippen molar-refractivity contribution in [3.63, 3.8) is 0 Å². The highest BCUT2D eigenvalue weighted by molar-refractivity contribution is 5.78. The molecule has 2 amide bonds. The molecular weight excluding hydrogens is 416 g/mol. The van der Waals surface area contributed by atoms with Gasteiger partial charge in [-0.25, -0.2) is 9.50 Å². The molecule has 33 heavy (non-hydrogen) atoms. The van der Waals surface area contributed by atoms with Crippen LogP contribution in [-0.4, -0.2) is 49.4 Å². The summed E-state index contributed by atoms with van der Waals surface area (Å²) >= 11 is 0. The Morgan fingerprint density at radius 2 is 2.06 bits per heavy atom. The molecule has 4 rings (SSSR count). The summed E-state index contributed by atoms with van der Waals surface area (Å²) in [4.78, 5) is 35.7. The number of aromatic nitrogens is 4. The number of amides is 2. The molecule has 1 atom stereocenters. The largest absolute Gasteiger partial charge is 0.350 e. The summed E-state index contributed by atoms with van der Waals surface area (Å²) in [5.41, 5.74) is 5.62. The molecule has 8 heteroatoms. The minimum absolute atomic E-state index is 0.0124. The van der Waals surface area contributed by atoms with Crippen molar-refractivity contribution in [2.24, 2.45) is 5.92 Å². The topological polar surface area (TPSA) is 92.5 Å². The van der Waals surface area contributed by atoms with E-state index in [0.29, 0.717) is 25.9 Å². The first-order valence-corrected chi connectivity index (χ1v) is 11.6. The lowest BCUT2D eigenvalue weighted by Gasteiger charge is -2.18. The zero-order chi connectivity index (χ0) is 23.5. The van der Waals surface area contributed by atoms with Crippen LogP contribution < -0.4 is 5.32 Å². The normalized spacial score (nSPS) is 16.0. The molecule has 1 saturated heterocycles. The van der Waals surface area contributed by atoms with Crippen molar-refractivity contribution in [3.05, 3.63) is 58.8 Å². The highest BCUT2D eigenvalue weighted by Gasteiger charge is 2.30. The minimum Gasteiger partial charge on any atom is -0.350 e. The molecule has 174 valence electrons. The lowest BCUT2D eigenvalue weighted by Crippen LogP contribution is -2.32. The predicted octanol–water partition coefficient (Wildman–Crippen LogP) is 2.96. The van der Waals surface area contributed by atoms with Crippen LogP contribution in [0.1, 0.15) is 60.9 Å². The van der Waals surface area contributed by atoms with E-state index in [-0.39, 0.29) is 23.7 Å². The second-order valence-corrected chi connectivity index (χ2v) is 9.12. The summed E-state index contributed by atoms with van der Waals surface area (Å²) < 4.78 is 1.89. The molecule has 3 aromatic heterocycles. The van der Waals surface area contributed by atoms with E-state index in [0.717, 1.165) is 47.0 Å². The number of carbonyl (C=O) groups excluding carboxylic acids is 2. The monoisotopic (exact) mass is 448 g/mol. The molecule has 3 aromatic rings. The molecule has 1 N–H and O–H groups in total. The van der Waals surface area contributed by atoms with Gasteiger partial charge >= 0.3 is 0 Å². The van der Waals surface area contributed by atoms with Gasteiger partial charge in [0.05, 0.1) is 17.9 Å². The van der Waals surface area contributed by atoms with Crippen molar-refractivity contribution in [1.29, 1.82) is 0 Å². The number of rotatable bonds is 7. The highest BCUT2D eigenvalue weighted by Crippen LogP contribution is 2.28. The summed E-state index contributed by atoms with van der Waals surface area (Å²) in [6.45, 7) is 9.81. The SMILES string of the molecule is Cc1nc2cc([C@H]3CCN(C(=O)C(C)C)C3)nn2c(C)c1CCC(=O)NCc1ccccn1. The Hall–Kier alpha value is -3.29. The average molecular weight is 449 g/mol. The van der Waals surface area contributed by atoms with Crippen LogP contribution in [0.2, 0.25) is 0 Å². The third kappa shape index (κ3) is 5.05. The molecule has 1 aliphatic rings. The number of aryl methyl sites for hydroxylation is 2. The Balaban J connectivity index is 1.43.